The Balaban J connectivity index is 2.24. The maximum Gasteiger partial charge on any atom is 0.505 e. The highest BCUT2D eigenvalue weighted by Gasteiger charge is 2.23. The van der Waals surface area contributed by atoms with Crippen molar-refractivity contribution >= 4 is 11.7 Å². The van der Waals surface area contributed by atoms with E-state index in [9.17, 15) is 4.21 Å². The van der Waals surface area contributed by atoms with E-state index in [0.29, 0.717) is 17.6 Å². The molecule has 0 spiro atoms. The minimum Gasteiger partial charge on any atom is -0.317 e. The zero-order chi connectivity index (χ0) is 9.80. The van der Waals surface area contributed by atoms with Gasteiger partial charge in [0.15, 0.2) is 0 Å². The molecule has 0 aromatic heterocycles. The lowest BCUT2D eigenvalue weighted by Gasteiger charge is -2.21. The van der Waals surface area contributed by atoms with Gasteiger partial charge in [-0.05, 0) is 31.8 Å². The Morgan fingerprint density at radius 3 is 2.64 bits per heavy atom. The zero-order valence-electron chi connectivity index (χ0n) is 8.03. The van der Waals surface area contributed by atoms with Crippen LogP contribution in [0.25, 0.3) is 0 Å². The van der Waals surface area contributed by atoms with Crippen molar-refractivity contribution in [2.45, 2.75) is 23.7 Å². The first-order valence-electron chi connectivity index (χ1n) is 5.01. The van der Waals surface area contributed by atoms with E-state index in [1.54, 1.807) is 0 Å². The van der Waals surface area contributed by atoms with Crippen molar-refractivity contribution < 1.29 is 4.21 Å². The van der Waals surface area contributed by atoms with Crippen molar-refractivity contribution in [1.29, 1.82) is 0 Å². The topological polar surface area (TPSA) is 29.1 Å². The number of rotatable bonds is 2. The van der Waals surface area contributed by atoms with Crippen molar-refractivity contribution in [2.75, 3.05) is 13.1 Å². The van der Waals surface area contributed by atoms with Crippen LogP contribution in [0.1, 0.15) is 24.3 Å². The first kappa shape index (κ1) is 9.74. The maximum absolute atomic E-state index is 10.9. The maximum atomic E-state index is 10.9. The molecule has 1 aliphatic rings. The molecule has 1 aliphatic heterocycles. The standard InChI is InChI=1S/C11H14NOS/c13-14-11-4-2-1-3-10(11)9-5-7-12-8-6-9/h1-4,9,12H,5-8H2/q+1. The van der Waals surface area contributed by atoms with Gasteiger partial charge in [-0.15, -0.1) is 0 Å². The average molecular weight is 208 g/mol. The molecule has 74 valence electrons. The van der Waals surface area contributed by atoms with E-state index in [2.05, 4.69) is 11.4 Å². The Morgan fingerprint density at radius 2 is 1.93 bits per heavy atom. The minimum absolute atomic E-state index is 0.578. The summed E-state index contributed by atoms with van der Waals surface area (Å²) in [6, 6.07) is 7.98. The summed E-state index contributed by atoms with van der Waals surface area (Å²) in [6.45, 7) is 2.14. The lowest BCUT2D eigenvalue weighted by Crippen LogP contribution is -2.26. The smallest absolute Gasteiger partial charge is 0.317 e. The monoisotopic (exact) mass is 208 g/mol. The molecule has 0 radical (unpaired) electrons. The van der Waals surface area contributed by atoms with Crippen molar-refractivity contribution in [3.05, 3.63) is 29.8 Å². The van der Waals surface area contributed by atoms with E-state index in [0.717, 1.165) is 30.8 Å². The van der Waals surface area contributed by atoms with Crippen LogP contribution in [0.2, 0.25) is 0 Å². The first-order chi connectivity index (χ1) is 6.92. The molecule has 1 heterocycles. The molecule has 3 heteroatoms. The number of hydrogen-bond donors (Lipinski definition) is 1. The lowest BCUT2D eigenvalue weighted by molar-refractivity contribution is 0.456. The summed E-state index contributed by atoms with van der Waals surface area (Å²) in [5, 5.41) is 3.34. The zero-order valence-corrected chi connectivity index (χ0v) is 8.85. The van der Waals surface area contributed by atoms with Crippen LogP contribution in [0.15, 0.2) is 29.2 Å². The molecule has 0 unspecified atom stereocenters. The molecule has 0 aliphatic carbocycles. The highest BCUT2D eigenvalue weighted by atomic mass is 32.1. The Kier molecular flexibility index (Phi) is 3.22. The second-order valence-corrected chi connectivity index (χ2v) is 4.25. The average Bonchev–Trinajstić information content (AvgIpc) is 2.30. The van der Waals surface area contributed by atoms with Gasteiger partial charge < -0.3 is 5.32 Å². The third-order valence-electron chi connectivity index (χ3n) is 2.79. The van der Waals surface area contributed by atoms with Crippen molar-refractivity contribution in [3.8, 4) is 0 Å². The highest BCUT2D eigenvalue weighted by molar-refractivity contribution is 7.65. The van der Waals surface area contributed by atoms with Crippen molar-refractivity contribution in [2.24, 2.45) is 0 Å². The molecule has 14 heavy (non-hydrogen) atoms. The van der Waals surface area contributed by atoms with Crippen LogP contribution >= 0.6 is 0 Å². The van der Waals surface area contributed by atoms with E-state index < -0.39 is 0 Å². The fourth-order valence-corrected chi connectivity index (χ4v) is 2.49. The Morgan fingerprint density at radius 1 is 1.21 bits per heavy atom. The van der Waals surface area contributed by atoms with Gasteiger partial charge in [-0.1, -0.05) is 18.2 Å². The summed E-state index contributed by atoms with van der Waals surface area (Å²) in [5.74, 6) is 0.578. The molecule has 1 aromatic rings. The summed E-state index contributed by atoms with van der Waals surface area (Å²) in [6.07, 6.45) is 2.30. The van der Waals surface area contributed by atoms with Crippen molar-refractivity contribution in [3.63, 3.8) is 0 Å². The van der Waals surface area contributed by atoms with E-state index >= 15 is 0 Å². The molecule has 2 nitrogen and oxygen atoms in total. The van der Waals surface area contributed by atoms with Gasteiger partial charge in [0.2, 0.25) is 0 Å². The SMILES string of the molecule is O=[S+]c1ccccc1C1CCNCC1. The first-order valence-corrected chi connectivity index (χ1v) is 5.75. The van der Waals surface area contributed by atoms with Crippen LogP contribution in [0, 0.1) is 0 Å². The van der Waals surface area contributed by atoms with Gasteiger partial charge in [-0.25, -0.2) is 0 Å². The van der Waals surface area contributed by atoms with Crippen LogP contribution in [0.3, 0.4) is 0 Å². The van der Waals surface area contributed by atoms with Gasteiger partial charge in [0, 0.05) is 15.8 Å². The third-order valence-corrected chi connectivity index (χ3v) is 3.34. The molecule has 0 atom stereocenters. The van der Waals surface area contributed by atoms with Gasteiger partial charge in [0.05, 0.1) is 0 Å². The fraction of sp³-hybridized carbons (Fsp3) is 0.455. The largest absolute Gasteiger partial charge is 0.505 e. The Hall–Kier alpha value is -0.800. The molecule has 1 aromatic carbocycles. The van der Waals surface area contributed by atoms with Crippen LogP contribution < -0.4 is 5.32 Å². The van der Waals surface area contributed by atoms with Gasteiger partial charge in [0.1, 0.15) is 0 Å². The van der Waals surface area contributed by atoms with Crippen LogP contribution in [-0.2, 0) is 15.9 Å². The number of benzene rings is 1. The fourth-order valence-electron chi connectivity index (χ4n) is 2.03. The summed E-state index contributed by atoms with van der Waals surface area (Å²) in [4.78, 5) is 0.902. The molecule has 1 fully saturated rings. The summed E-state index contributed by atoms with van der Waals surface area (Å²) >= 11 is 0.619. The second-order valence-electron chi connectivity index (χ2n) is 3.65. The molecule has 1 saturated heterocycles. The highest BCUT2D eigenvalue weighted by Crippen LogP contribution is 2.27. The summed E-state index contributed by atoms with van der Waals surface area (Å²) in [7, 11) is 0. The molecule has 2 rings (SSSR count). The Bertz CT molecular complexity index is 321. The predicted molar refractivity (Wildman–Crippen MR) is 57.6 cm³/mol. The molecule has 0 bridgehead atoms. The second kappa shape index (κ2) is 4.62. The lowest BCUT2D eigenvalue weighted by atomic mass is 9.90. The van der Waals surface area contributed by atoms with Crippen LogP contribution in [-0.4, -0.2) is 13.1 Å². The third kappa shape index (κ3) is 1.99. The number of nitrogens with one attached hydrogen (secondary N) is 1. The van der Waals surface area contributed by atoms with Gasteiger partial charge in [0.25, 0.3) is 4.90 Å². The summed E-state index contributed by atoms with van der Waals surface area (Å²) in [5.41, 5.74) is 1.24. The van der Waals surface area contributed by atoms with Crippen LogP contribution in [0.5, 0.6) is 0 Å². The van der Waals surface area contributed by atoms with E-state index in [-0.39, 0.29) is 0 Å². The predicted octanol–water partition coefficient (Wildman–Crippen LogP) is 1.94. The van der Waals surface area contributed by atoms with E-state index in [4.69, 9.17) is 0 Å². The quantitative estimate of drug-likeness (QED) is 0.753. The summed E-state index contributed by atoms with van der Waals surface area (Å²) < 4.78 is 10.9. The van der Waals surface area contributed by atoms with E-state index in [1.165, 1.54) is 5.56 Å². The molecule has 0 amide bonds. The van der Waals surface area contributed by atoms with Gasteiger partial charge in [-0.3, -0.25) is 0 Å². The normalized spacial score (nSPS) is 18.0. The van der Waals surface area contributed by atoms with Crippen LogP contribution in [0.4, 0.5) is 0 Å². The molecule has 1 N–H and O–H groups in total. The minimum atomic E-state index is 0.578. The van der Waals surface area contributed by atoms with Gasteiger partial charge >= 0.3 is 11.7 Å². The number of piperidine rings is 1. The molecular formula is C11H14NOS+. The molecular weight excluding hydrogens is 194 g/mol. The van der Waals surface area contributed by atoms with Gasteiger partial charge in [-0.2, -0.15) is 0 Å². The Labute approximate surface area is 88.2 Å². The van der Waals surface area contributed by atoms with Crippen molar-refractivity contribution in [1.82, 2.24) is 5.32 Å². The molecule has 0 saturated carbocycles. The number of hydrogen-bond acceptors (Lipinski definition) is 2. The van der Waals surface area contributed by atoms with E-state index in [1.807, 2.05) is 18.2 Å².